The van der Waals surface area contributed by atoms with Crippen LogP contribution in [0.3, 0.4) is 0 Å². The molecule has 2 aromatic carbocycles. The number of hydrogen-bond acceptors (Lipinski definition) is 5. The van der Waals surface area contributed by atoms with E-state index in [-0.39, 0.29) is 37.1 Å². The smallest absolute Gasteiger partial charge is 0.410 e. The normalized spacial score (nSPS) is 20.8. The number of carbonyl (C=O) groups is 4. The van der Waals surface area contributed by atoms with Gasteiger partial charge in [-0.2, -0.15) is 0 Å². The zero-order valence-corrected chi connectivity index (χ0v) is 23.9. The van der Waals surface area contributed by atoms with E-state index in [0.717, 1.165) is 11.1 Å². The molecule has 2 aromatic rings. The summed E-state index contributed by atoms with van der Waals surface area (Å²) in [5.74, 6) is 0.0132. The molecule has 2 saturated heterocycles. The van der Waals surface area contributed by atoms with Crippen LogP contribution >= 0.6 is 0 Å². The lowest BCUT2D eigenvalue weighted by Gasteiger charge is -2.51. The maximum atomic E-state index is 13.1. The summed E-state index contributed by atoms with van der Waals surface area (Å²) in [5, 5.41) is 0. The Labute approximate surface area is 237 Å². The molecule has 1 aliphatic carbocycles. The van der Waals surface area contributed by atoms with Gasteiger partial charge >= 0.3 is 6.09 Å². The third-order valence-electron chi connectivity index (χ3n) is 8.04. The van der Waals surface area contributed by atoms with Gasteiger partial charge in [-0.15, -0.1) is 0 Å². The lowest BCUT2D eigenvalue weighted by Crippen LogP contribution is -2.71. The molecule has 5 rings (SSSR count). The fraction of sp³-hybridized carbons (Fsp3) is 0.500. The second kappa shape index (κ2) is 13.6. The van der Waals surface area contributed by atoms with E-state index in [9.17, 15) is 19.2 Å². The van der Waals surface area contributed by atoms with Crippen molar-refractivity contribution < 1.29 is 23.9 Å². The molecule has 3 fully saturated rings. The van der Waals surface area contributed by atoms with Crippen LogP contribution in [0.5, 0.6) is 5.75 Å². The second-order valence-corrected chi connectivity index (χ2v) is 10.9. The summed E-state index contributed by atoms with van der Waals surface area (Å²) in [5.41, 5.74) is 2.41. The Morgan fingerprint density at radius 2 is 1.60 bits per heavy atom. The number of carbonyl (C=O) groups excluding carboxylic acids is 4. The minimum Gasteiger partial charge on any atom is -0.410 e. The van der Waals surface area contributed by atoms with Crippen LogP contribution in [0.4, 0.5) is 4.79 Å². The second-order valence-electron chi connectivity index (χ2n) is 10.9. The van der Waals surface area contributed by atoms with E-state index in [0.29, 0.717) is 24.3 Å². The van der Waals surface area contributed by atoms with Crippen LogP contribution in [-0.2, 0) is 16.0 Å². The molecule has 0 N–H and O–H groups in total. The van der Waals surface area contributed by atoms with Gasteiger partial charge in [0.2, 0.25) is 11.8 Å². The molecule has 2 heterocycles. The zero-order valence-electron chi connectivity index (χ0n) is 23.9. The Morgan fingerprint density at radius 3 is 2.20 bits per heavy atom. The van der Waals surface area contributed by atoms with Crippen LogP contribution in [0.2, 0.25) is 0 Å². The van der Waals surface area contributed by atoms with Gasteiger partial charge in [-0.05, 0) is 56.5 Å². The fourth-order valence-electron chi connectivity index (χ4n) is 5.78. The van der Waals surface area contributed by atoms with Crippen molar-refractivity contribution in [3.8, 4) is 5.75 Å². The van der Waals surface area contributed by atoms with E-state index in [2.05, 4.69) is 0 Å². The minimum absolute atomic E-state index is 0.0583. The molecule has 0 radical (unpaired) electrons. The SMILES string of the molecule is C1CCCCC1.CC(=O)c1ccc(OC(=O)N2CCC(=O)N3[C@@H]2CN(CCc2ccccc2)C(=O)[C@@H]3C)cc1C. The van der Waals surface area contributed by atoms with Crippen molar-refractivity contribution in [3.63, 3.8) is 0 Å². The molecule has 2 aliphatic heterocycles. The molecule has 8 nitrogen and oxygen atoms in total. The number of Topliss-reactive ketones (excluding diaryl/α,β-unsaturated/α-hetero) is 1. The van der Waals surface area contributed by atoms with E-state index in [1.165, 1.54) is 55.2 Å². The number of nitrogens with zero attached hydrogens (tertiary/aromatic N) is 3. The summed E-state index contributed by atoms with van der Waals surface area (Å²) in [6.07, 6.45) is 8.65. The van der Waals surface area contributed by atoms with Crippen LogP contribution in [0, 0.1) is 6.92 Å². The number of fused-ring (bicyclic) bond motifs is 1. The summed E-state index contributed by atoms with van der Waals surface area (Å²) >= 11 is 0. The van der Waals surface area contributed by atoms with E-state index < -0.39 is 18.3 Å². The topological polar surface area (TPSA) is 87.2 Å². The van der Waals surface area contributed by atoms with Gasteiger partial charge in [0.25, 0.3) is 0 Å². The Hall–Kier alpha value is -3.68. The lowest BCUT2D eigenvalue weighted by atomic mass is 10.0. The molecule has 0 aromatic heterocycles. The molecule has 1 saturated carbocycles. The van der Waals surface area contributed by atoms with Crippen molar-refractivity contribution in [1.29, 1.82) is 0 Å². The van der Waals surface area contributed by atoms with E-state index >= 15 is 0 Å². The largest absolute Gasteiger partial charge is 0.416 e. The highest BCUT2D eigenvalue weighted by molar-refractivity contribution is 5.95. The van der Waals surface area contributed by atoms with Gasteiger partial charge in [0.15, 0.2) is 5.78 Å². The average Bonchev–Trinajstić information content (AvgIpc) is 2.95. The van der Waals surface area contributed by atoms with Crippen LogP contribution in [0.1, 0.15) is 80.3 Å². The molecule has 214 valence electrons. The minimum atomic E-state index is -0.658. The van der Waals surface area contributed by atoms with Gasteiger partial charge in [-0.1, -0.05) is 68.9 Å². The van der Waals surface area contributed by atoms with Crippen molar-refractivity contribution in [3.05, 3.63) is 65.2 Å². The highest BCUT2D eigenvalue weighted by Gasteiger charge is 2.47. The van der Waals surface area contributed by atoms with Crippen LogP contribution in [0.25, 0.3) is 0 Å². The van der Waals surface area contributed by atoms with E-state index in [1.807, 2.05) is 30.3 Å². The van der Waals surface area contributed by atoms with Crippen molar-refractivity contribution >= 4 is 23.7 Å². The monoisotopic (exact) mass is 547 g/mol. The van der Waals surface area contributed by atoms with Crippen molar-refractivity contribution in [2.75, 3.05) is 19.6 Å². The fourth-order valence-corrected chi connectivity index (χ4v) is 5.78. The number of piperazine rings is 1. The van der Waals surface area contributed by atoms with Gasteiger partial charge in [-0.3, -0.25) is 19.3 Å². The molecule has 40 heavy (non-hydrogen) atoms. The summed E-state index contributed by atoms with van der Waals surface area (Å²) in [7, 11) is 0. The number of ether oxygens (including phenoxy) is 1. The standard InChI is InChI=1S/C26H29N3O5.C6H12/c1-17-15-21(9-10-22(17)19(3)30)34-26(33)28-14-12-24(31)29-18(2)25(32)27(16-23(28)29)13-11-20-7-5-4-6-8-20;1-2-4-6-5-3-1/h4-10,15,18,23H,11-14,16H2,1-3H3;1-6H2/t18-,23+;/m0./s1. The molecule has 0 spiro atoms. The molecule has 8 heteroatoms. The molecule has 0 bridgehead atoms. The Bertz CT molecular complexity index is 1200. The highest BCUT2D eigenvalue weighted by atomic mass is 16.6. The summed E-state index contributed by atoms with van der Waals surface area (Å²) < 4.78 is 5.61. The van der Waals surface area contributed by atoms with Crippen molar-refractivity contribution in [2.45, 2.75) is 84.3 Å². The Kier molecular flexibility index (Phi) is 9.96. The predicted molar refractivity (Wildman–Crippen MR) is 153 cm³/mol. The van der Waals surface area contributed by atoms with Crippen LogP contribution < -0.4 is 4.74 Å². The molecule has 3 aliphatic rings. The maximum Gasteiger partial charge on any atom is 0.416 e. The number of ketones is 1. The molecule has 0 unspecified atom stereocenters. The summed E-state index contributed by atoms with van der Waals surface area (Å²) in [6.45, 7) is 5.94. The third kappa shape index (κ3) is 7.09. The number of amides is 3. The van der Waals surface area contributed by atoms with Gasteiger partial charge in [0.05, 0.1) is 6.54 Å². The number of benzene rings is 2. The van der Waals surface area contributed by atoms with E-state index in [1.54, 1.807) is 36.9 Å². The number of rotatable bonds is 5. The van der Waals surface area contributed by atoms with Crippen LogP contribution in [-0.4, -0.2) is 70.2 Å². The quantitative estimate of drug-likeness (QED) is 0.470. The van der Waals surface area contributed by atoms with Crippen molar-refractivity contribution in [1.82, 2.24) is 14.7 Å². The molecule has 3 amide bonds. The first kappa shape index (κ1) is 29.3. The Morgan fingerprint density at radius 1 is 0.950 bits per heavy atom. The first-order chi connectivity index (χ1) is 19.3. The average molecular weight is 548 g/mol. The van der Waals surface area contributed by atoms with Gasteiger partial charge in [0.1, 0.15) is 18.0 Å². The van der Waals surface area contributed by atoms with E-state index in [4.69, 9.17) is 4.74 Å². The molecular formula is C32H41N3O5. The van der Waals surface area contributed by atoms with Crippen LogP contribution in [0.15, 0.2) is 48.5 Å². The molecular weight excluding hydrogens is 506 g/mol. The maximum absolute atomic E-state index is 13.1. The summed E-state index contributed by atoms with van der Waals surface area (Å²) in [6, 6.07) is 14.1. The lowest BCUT2D eigenvalue weighted by molar-refractivity contribution is -0.166. The highest BCUT2D eigenvalue weighted by Crippen LogP contribution is 2.27. The predicted octanol–water partition coefficient (Wildman–Crippen LogP) is 5.37. The summed E-state index contributed by atoms with van der Waals surface area (Å²) in [4.78, 5) is 55.3. The first-order valence-corrected chi connectivity index (χ1v) is 14.5. The first-order valence-electron chi connectivity index (χ1n) is 14.5. The third-order valence-corrected chi connectivity index (χ3v) is 8.04. The zero-order chi connectivity index (χ0) is 28.6. The Balaban J connectivity index is 0.000000546. The molecule has 2 atom stereocenters. The van der Waals surface area contributed by atoms with Gasteiger partial charge in [-0.25, -0.2) is 4.79 Å². The van der Waals surface area contributed by atoms with Gasteiger partial charge < -0.3 is 14.5 Å². The number of aryl methyl sites for hydroxylation is 1. The van der Waals surface area contributed by atoms with Crippen molar-refractivity contribution in [2.24, 2.45) is 0 Å². The van der Waals surface area contributed by atoms with Gasteiger partial charge in [0, 0.05) is 25.1 Å². The number of hydrogen-bond donors (Lipinski definition) is 0.